The van der Waals surface area contributed by atoms with Gasteiger partial charge in [0.05, 0.1) is 17.4 Å². The smallest absolute Gasteiger partial charge is 0.261 e. The van der Waals surface area contributed by atoms with Crippen LogP contribution >= 0.6 is 0 Å². The van der Waals surface area contributed by atoms with Crippen LogP contribution in [-0.4, -0.2) is 92.2 Å². The topological polar surface area (TPSA) is 142 Å². The molecule has 2 N–H and O–H groups in total. The summed E-state index contributed by atoms with van der Waals surface area (Å²) in [5.74, 6) is -1.03. The molecule has 4 aromatic carbocycles. The third-order valence-electron chi connectivity index (χ3n) is 11.2. The molecule has 0 radical (unpaired) electrons. The van der Waals surface area contributed by atoms with Crippen LogP contribution in [0.2, 0.25) is 0 Å². The predicted molar refractivity (Wildman–Crippen MR) is 194 cm³/mol. The Bertz CT molecular complexity index is 2520. The highest BCUT2D eigenvalue weighted by atomic mass is 16.2. The van der Waals surface area contributed by atoms with Gasteiger partial charge in [0.15, 0.2) is 5.65 Å². The number of nitrogens with one attached hydrogen (secondary N) is 2. The van der Waals surface area contributed by atoms with E-state index in [1.807, 2.05) is 47.0 Å². The highest BCUT2D eigenvalue weighted by Gasteiger charge is 2.37. The van der Waals surface area contributed by atoms with Crippen LogP contribution in [-0.2, 0) is 25.7 Å². The summed E-state index contributed by atoms with van der Waals surface area (Å²) in [6.45, 7) is 2.82. The summed E-state index contributed by atoms with van der Waals surface area (Å²) in [5.41, 5.74) is 9.18. The van der Waals surface area contributed by atoms with Gasteiger partial charge in [0.2, 0.25) is 0 Å². The van der Waals surface area contributed by atoms with Gasteiger partial charge in [-0.15, -0.1) is 0 Å². The van der Waals surface area contributed by atoms with Crippen LogP contribution < -0.4 is 10.6 Å². The lowest BCUT2D eigenvalue weighted by atomic mass is 9.90. The average molecular weight is 691 g/mol. The van der Waals surface area contributed by atoms with Crippen molar-refractivity contribution < 1.29 is 19.2 Å². The zero-order valence-electron chi connectivity index (χ0n) is 28.4. The first-order valence-corrected chi connectivity index (χ1v) is 18.0. The summed E-state index contributed by atoms with van der Waals surface area (Å²) in [4.78, 5) is 70.1. The van der Waals surface area contributed by atoms with Gasteiger partial charge in [0.25, 0.3) is 23.6 Å². The molecule has 0 saturated carbocycles. The molecule has 52 heavy (non-hydrogen) atoms. The van der Waals surface area contributed by atoms with E-state index in [1.54, 1.807) is 12.5 Å². The van der Waals surface area contributed by atoms with E-state index in [9.17, 15) is 19.2 Å². The molecule has 2 aliphatic heterocycles. The zero-order chi connectivity index (χ0) is 35.1. The molecule has 0 spiro atoms. The Morgan fingerprint density at radius 1 is 0.596 bits per heavy atom. The SMILES string of the molecule is O=C1c2ccc3c4c(ccc(c24)C(=O)N1CCNCCCNCCN1C(=O)c2ccc4c5c(c(-n6cnc7cncnc76)cc(c25)C1=O)CC4)CC3. The molecule has 6 aromatic rings. The minimum absolute atomic E-state index is 0.230. The van der Waals surface area contributed by atoms with Crippen LogP contribution in [0.15, 0.2) is 61.3 Å². The van der Waals surface area contributed by atoms with Crippen LogP contribution in [0, 0.1) is 0 Å². The van der Waals surface area contributed by atoms with Gasteiger partial charge in [0.1, 0.15) is 18.2 Å². The van der Waals surface area contributed by atoms with Gasteiger partial charge in [-0.1, -0.05) is 18.2 Å². The molecule has 12 heteroatoms. The van der Waals surface area contributed by atoms with Crippen LogP contribution in [0.25, 0.3) is 38.4 Å². The highest BCUT2D eigenvalue weighted by Crippen LogP contribution is 2.42. The van der Waals surface area contributed by atoms with Crippen molar-refractivity contribution in [3.05, 3.63) is 106 Å². The molecule has 4 aliphatic rings. The molecular weight excluding hydrogens is 656 g/mol. The van der Waals surface area contributed by atoms with Crippen LogP contribution in [0.3, 0.4) is 0 Å². The molecule has 0 fully saturated rings. The van der Waals surface area contributed by atoms with E-state index in [4.69, 9.17) is 0 Å². The molecule has 0 atom stereocenters. The van der Waals surface area contributed by atoms with E-state index in [2.05, 4.69) is 25.6 Å². The van der Waals surface area contributed by atoms with Crippen LogP contribution in [0.1, 0.15) is 70.1 Å². The maximum atomic E-state index is 14.0. The molecule has 12 nitrogen and oxygen atoms in total. The van der Waals surface area contributed by atoms with Crippen molar-refractivity contribution in [1.29, 1.82) is 0 Å². The second-order valence-electron chi connectivity index (χ2n) is 14.0. The summed E-state index contributed by atoms with van der Waals surface area (Å²) >= 11 is 0. The molecule has 4 heterocycles. The summed E-state index contributed by atoms with van der Waals surface area (Å²) in [7, 11) is 0. The number of fused-ring (bicyclic) bond motifs is 1. The van der Waals surface area contributed by atoms with E-state index < -0.39 is 0 Å². The minimum atomic E-state index is -0.300. The number of rotatable bonds is 11. The minimum Gasteiger partial charge on any atom is -0.315 e. The fraction of sp³-hybridized carbons (Fsp3) is 0.275. The normalized spacial score (nSPS) is 15.8. The Hall–Kier alpha value is -5.85. The standard InChI is InChI=1S/C40H34N8O4/c49-37-26-9-5-22-2-3-23-6-10-27(34(26)32(22)23)38(50)46(37)16-14-41-12-1-13-42-15-17-47-39(51)28-11-7-24-4-8-25-31(18-29(40(47)52)35(28)33(24)25)48-21-45-30-19-43-20-44-36(30)48/h5-7,9-11,18-21,41-42H,1-4,8,12-17H2. The van der Waals surface area contributed by atoms with Gasteiger partial charge in [-0.05, 0) is 102 Å². The third kappa shape index (κ3) is 4.50. The molecule has 0 unspecified atom stereocenters. The largest absolute Gasteiger partial charge is 0.315 e. The van der Waals surface area contributed by atoms with Crippen molar-refractivity contribution in [2.24, 2.45) is 0 Å². The van der Waals surface area contributed by atoms with Crippen molar-refractivity contribution in [2.75, 3.05) is 39.3 Å². The molecule has 258 valence electrons. The molecule has 0 bridgehead atoms. The molecule has 10 rings (SSSR count). The summed E-state index contributed by atoms with van der Waals surface area (Å²) < 4.78 is 1.92. The van der Waals surface area contributed by atoms with Gasteiger partial charge < -0.3 is 10.6 Å². The number of carbonyl (C=O) groups is 4. The van der Waals surface area contributed by atoms with E-state index >= 15 is 0 Å². The van der Waals surface area contributed by atoms with E-state index in [0.29, 0.717) is 66.1 Å². The fourth-order valence-electron chi connectivity index (χ4n) is 8.75. The number of amides is 4. The first-order chi connectivity index (χ1) is 25.5. The summed E-state index contributed by atoms with van der Waals surface area (Å²) in [6, 6.07) is 13.6. The number of aryl methyl sites for hydroxylation is 4. The first-order valence-electron chi connectivity index (χ1n) is 18.0. The number of imidazole rings is 1. The second kappa shape index (κ2) is 11.9. The van der Waals surface area contributed by atoms with E-state index in [0.717, 1.165) is 70.5 Å². The van der Waals surface area contributed by atoms with E-state index in [1.165, 1.54) is 27.3 Å². The Morgan fingerprint density at radius 2 is 1.15 bits per heavy atom. The molecule has 2 aliphatic carbocycles. The van der Waals surface area contributed by atoms with E-state index in [-0.39, 0.29) is 30.2 Å². The number of imide groups is 2. The van der Waals surface area contributed by atoms with Gasteiger partial charge in [0, 0.05) is 53.6 Å². The Morgan fingerprint density at radius 3 is 1.79 bits per heavy atom. The number of nitrogens with zero attached hydrogens (tertiary/aromatic N) is 6. The number of carbonyl (C=O) groups excluding carboxylic acids is 4. The molecular formula is C40H34N8O4. The quantitative estimate of drug-likeness (QED) is 0.153. The number of benzene rings is 4. The maximum Gasteiger partial charge on any atom is 0.261 e. The second-order valence-corrected chi connectivity index (χ2v) is 14.0. The van der Waals surface area contributed by atoms with Crippen LogP contribution in [0.5, 0.6) is 0 Å². The van der Waals surface area contributed by atoms with Crippen molar-refractivity contribution >= 4 is 56.3 Å². The Labute approximate surface area is 297 Å². The fourth-order valence-corrected chi connectivity index (χ4v) is 8.75. The van der Waals surface area contributed by atoms with Crippen molar-refractivity contribution in [3.63, 3.8) is 0 Å². The number of hydrogen-bond donors (Lipinski definition) is 2. The summed E-state index contributed by atoms with van der Waals surface area (Å²) in [5, 5.41) is 10.4. The monoisotopic (exact) mass is 690 g/mol. The maximum absolute atomic E-state index is 14.0. The lowest BCUT2D eigenvalue weighted by molar-refractivity contribution is 0.0597. The Balaban J connectivity index is 0.757. The van der Waals surface area contributed by atoms with Gasteiger partial charge >= 0.3 is 0 Å². The third-order valence-corrected chi connectivity index (χ3v) is 11.2. The van der Waals surface area contributed by atoms with Crippen molar-refractivity contribution in [2.45, 2.75) is 32.1 Å². The van der Waals surface area contributed by atoms with Crippen LogP contribution in [0.4, 0.5) is 0 Å². The number of hydrogen-bond acceptors (Lipinski definition) is 9. The Kier molecular flexibility index (Phi) is 7.05. The average Bonchev–Trinajstić information content (AvgIpc) is 3.92. The lowest BCUT2D eigenvalue weighted by Gasteiger charge is -2.28. The lowest BCUT2D eigenvalue weighted by Crippen LogP contribution is -2.44. The molecule has 0 saturated heterocycles. The van der Waals surface area contributed by atoms with Crippen molar-refractivity contribution in [3.8, 4) is 5.69 Å². The zero-order valence-corrected chi connectivity index (χ0v) is 28.4. The highest BCUT2D eigenvalue weighted by molar-refractivity contribution is 6.27. The van der Waals surface area contributed by atoms with Crippen molar-refractivity contribution in [1.82, 2.24) is 40.0 Å². The summed E-state index contributed by atoms with van der Waals surface area (Å²) in [6.07, 6.45) is 9.22. The van der Waals surface area contributed by atoms with Gasteiger partial charge in [-0.3, -0.25) is 33.5 Å². The number of aromatic nitrogens is 4. The first kappa shape index (κ1) is 30.9. The molecule has 4 amide bonds. The van der Waals surface area contributed by atoms with Gasteiger partial charge in [-0.25, -0.2) is 15.0 Å². The predicted octanol–water partition coefficient (Wildman–Crippen LogP) is 3.78. The molecule has 2 aromatic heterocycles. The van der Waals surface area contributed by atoms with Gasteiger partial charge in [-0.2, -0.15) is 0 Å².